The maximum atomic E-state index is 14.4. The van der Waals surface area contributed by atoms with Gasteiger partial charge in [-0.2, -0.15) is 0 Å². The standard InChI is InChI=1S/C29H25FN2O2/c1-18-27(25-16-22(30)13-15-26(25)32(18)19(2)33)28(24-14-12-21-10-6-7-11-23(21)24)29(34)31-17-20-8-4-3-5-9-20/h3-16,24,28H,17H2,1-2H3,(H,31,34). The molecule has 0 radical (unpaired) electrons. The Bertz CT molecular complexity index is 1440. The summed E-state index contributed by atoms with van der Waals surface area (Å²) in [5.41, 5.74) is 5.05. The normalized spacial score (nSPS) is 15.3. The Balaban J connectivity index is 1.66. The first-order valence-corrected chi connectivity index (χ1v) is 11.4. The second kappa shape index (κ2) is 8.75. The molecule has 5 heteroatoms. The molecule has 0 bridgehead atoms. The van der Waals surface area contributed by atoms with Gasteiger partial charge in [0.2, 0.25) is 11.8 Å². The quantitative estimate of drug-likeness (QED) is 0.406. The zero-order valence-electron chi connectivity index (χ0n) is 19.1. The summed E-state index contributed by atoms with van der Waals surface area (Å²) in [5, 5.41) is 3.68. The molecule has 0 saturated carbocycles. The van der Waals surface area contributed by atoms with Crippen molar-refractivity contribution in [2.24, 2.45) is 0 Å². The molecular weight excluding hydrogens is 427 g/mol. The molecule has 0 saturated heterocycles. The number of carbonyl (C=O) groups is 2. The number of aromatic nitrogens is 1. The van der Waals surface area contributed by atoms with Crippen LogP contribution in [0.25, 0.3) is 17.0 Å². The summed E-state index contributed by atoms with van der Waals surface area (Å²) in [5.74, 6) is -1.61. The van der Waals surface area contributed by atoms with E-state index in [1.54, 1.807) is 10.6 Å². The van der Waals surface area contributed by atoms with Gasteiger partial charge in [-0.15, -0.1) is 0 Å². The van der Waals surface area contributed by atoms with Crippen LogP contribution >= 0.6 is 0 Å². The average molecular weight is 453 g/mol. The number of halogens is 1. The number of amides is 1. The van der Waals surface area contributed by atoms with Crippen LogP contribution in [-0.2, 0) is 11.3 Å². The van der Waals surface area contributed by atoms with Crippen LogP contribution < -0.4 is 5.32 Å². The van der Waals surface area contributed by atoms with Crippen LogP contribution in [0.3, 0.4) is 0 Å². The Labute approximate surface area is 197 Å². The highest BCUT2D eigenvalue weighted by atomic mass is 19.1. The van der Waals surface area contributed by atoms with Gasteiger partial charge in [0.1, 0.15) is 5.82 Å². The van der Waals surface area contributed by atoms with Crippen LogP contribution in [0.5, 0.6) is 0 Å². The predicted molar refractivity (Wildman–Crippen MR) is 132 cm³/mol. The van der Waals surface area contributed by atoms with E-state index in [1.165, 1.54) is 19.1 Å². The number of allylic oxidation sites excluding steroid dienone is 1. The third-order valence-electron chi connectivity index (χ3n) is 6.63. The zero-order valence-corrected chi connectivity index (χ0v) is 19.1. The molecule has 0 aliphatic heterocycles. The van der Waals surface area contributed by atoms with Gasteiger partial charge in [0.05, 0.1) is 11.4 Å². The molecule has 34 heavy (non-hydrogen) atoms. The summed E-state index contributed by atoms with van der Waals surface area (Å²) >= 11 is 0. The lowest BCUT2D eigenvalue weighted by Crippen LogP contribution is -2.32. The van der Waals surface area contributed by atoms with Crippen molar-refractivity contribution in [3.8, 4) is 0 Å². The molecule has 4 aromatic rings. The van der Waals surface area contributed by atoms with Crippen molar-refractivity contribution in [1.82, 2.24) is 9.88 Å². The van der Waals surface area contributed by atoms with E-state index >= 15 is 0 Å². The molecule has 170 valence electrons. The summed E-state index contributed by atoms with van der Waals surface area (Å²) < 4.78 is 16.0. The molecule has 4 nitrogen and oxygen atoms in total. The molecule has 2 unspecified atom stereocenters. The summed E-state index contributed by atoms with van der Waals surface area (Å²) in [6, 6.07) is 22.1. The summed E-state index contributed by atoms with van der Waals surface area (Å²) in [6.45, 7) is 3.69. The van der Waals surface area contributed by atoms with Crippen molar-refractivity contribution in [3.63, 3.8) is 0 Å². The minimum Gasteiger partial charge on any atom is -0.351 e. The zero-order chi connectivity index (χ0) is 23.8. The van der Waals surface area contributed by atoms with Crippen molar-refractivity contribution in [2.45, 2.75) is 32.2 Å². The Hall–Kier alpha value is -3.99. The number of hydrogen-bond donors (Lipinski definition) is 1. The number of nitrogens with one attached hydrogen (secondary N) is 1. The van der Waals surface area contributed by atoms with Crippen molar-refractivity contribution in [1.29, 1.82) is 0 Å². The smallest absolute Gasteiger partial charge is 0.228 e. The number of nitrogens with zero attached hydrogens (tertiary/aromatic N) is 1. The Kier molecular flexibility index (Phi) is 5.62. The van der Waals surface area contributed by atoms with E-state index < -0.39 is 11.7 Å². The lowest BCUT2D eigenvalue weighted by Gasteiger charge is -2.24. The summed E-state index contributed by atoms with van der Waals surface area (Å²) in [6.07, 6.45) is 4.06. The second-order valence-corrected chi connectivity index (χ2v) is 8.71. The third-order valence-corrected chi connectivity index (χ3v) is 6.63. The number of benzene rings is 3. The highest BCUT2D eigenvalue weighted by Crippen LogP contribution is 2.45. The van der Waals surface area contributed by atoms with Crippen LogP contribution in [0.4, 0.5) is 4.39 Å². The highest BCUT2D eigenvalue weighted by molar-refractivity contribution is 5.99. The molecular formula is C29H25FN2O2. The molecule has 2 atom stereocenters. The number of rotatable bonds is 5. The molecule has 1 aliphatic carbocycles. The van der Waals surface area contributed by atoms with Gasteiger partial charge in [0.25, 0.3) is 0 Å². The van der Waals surface area contributed by atoms with Gasteiger partial charge < -0.3 is 5.32 Å². The number of carbonyl (C=O) groups excluding carboxylic acids is 2. The summed E-state index contributed by atoms with van der Waals surface area (Å²) in [7, 11) is 0. The fourth-order valence-electron chi connectivity index (χ4n) is 5.15. The minimum atomic E-state index is -0.631. The maximum Gasteiger partial charge on any atom is 0.228 e. The highest BCUT2D eigenvalue weighted by Gasteiger charge is 2.36. The van der Waals surface area contributed by atoms with Crippen molar-refractivity contribution < 1.29 is 14.0 Å². The Morgan fingerprint density at radius 1 is 1.03 bits per heavy atom. The van der Waals surface area contributed by atoms with Crippen LogP contribution in [0, 0.1) is 12.7 Å². The van der Waals surface area contributed by atoms with Gasteiger partial charge in [-0.05, 0) is 47.4 Å². The molecule has 5 rings (SSSR count). The van der Waals surface area contributed by atoms with E-state index in [9.17, 15) is 14.0 Å². The van der Waals surface area contributed by atoms with Gasteiger partial charge in [0.15, 0.2) is 0 Å². The van der Waals surface area contributed by atoms with Crippen LogP contribution in [0.15, 0.2) is 78.9 Å². The van der Waals surface area contributed by atoms with E-state index in [4.69, 9.17) is 0 Å². The molecule has 0 fully saturated rings. The first-order valence-electron chi connectivity index (χ1n) is 11.4. The minimum absolute atomic E-state index is 0.162. The third kappa shape index (κ3) is 3.73. The monoisotopic (exact) mass is 452 g/mol. The van der Waals surface area contributed by atoms with E-state index in [0.717, 1.165) is 16.7 Å². The number of hydrogen-bond acceptors (Lipinski definition) is 2. The Morgan fingerprint density at radius 3 is 2.53 bits per heavy atom. The van der Waals surface area contributed by atoms with E-state index in [2.05, 4.69) is 5.32 Å². The largest absolute Gasteiger partial charge is 0.351 e. The van der Waals surface area contributed by atoms with Crippen molar-refractivity contribution in [2.75, 3.05) is 0 Å². The molecule has 1 aliphatic rings. The van der Waals surface area contributed by atoms with Crippen LogP contribution in [-0.4, -0.2) is 16.4 Å². The molecule has 3 aromatic carbocycles. The van der Waals surface area contributed by atoms with Gasteiger partial charge in [0, 0.05) is 30.5 Å². The van der Waals surface area contributed by atoms with Crippen LogP contribution in [0.1, 0.15) is 51.5 Å². The molecule has 1 heterocycles. The van der Waals surface area contributed by atoms with Gasteiger partial charge >= 0.3 is 0 Å². The Morgan fingerprint density at radius 2 is 1.76 bits per heavy atom. The molecule has 1 N–H and O–H groups in total. The first kappa shape index (κ1) is 21.8. The lowest BCUT2D eigenvalue weighted by atomic mass is 9.80. The van der Waals surface area contributed by atoms with E-state index in [0.29, 0.717) is 28.7 Å². The van der Waals surface area contributed by atoms with Crippen molar-refractivity contribution >= 4 is 28.8 Å². The van der Waals surface area contributed by atoms with Crippen molar-refractivity contribution in [3.05, 3.63) is 113 Å². The maximum absolute atomic E-state index is 14.4. The lowest BCUT2D eigenvalue weighted by molar-refractivity contribution is -0.123. The van der Waals surface area contributed by atoms with Gasteiger partial charge in [-0.25, -0.2) is 4.39 Å². The van der Waals surface area contributed by atoms with Gasteiger partial charge in [-0.3, -0.25) is 14.2 Å². The molecule has 1 amide bonds. The SMILES string of the molecule is CC(=O)n1c(C)c(C(C(=O)NCc2ccccc2)C2C=Cc3ccccc32)c2cc(F)ccc21. The van der Waals surface area contributed by atoms with E-state index in [1.807, 2.05) is 73.7 Å². The average Bonchev–Trinajstić information content (AvgIpc) is 3.38. The molecule has 1 aromatic heterocycles. The first-order chi connectivity index (χ1) is 16.5. The van der Waals surface area contributed by atoms with Crippen LogP contribution in [0.2, 0.25) is 0 Å². The second-order valence-electron chi connectivity index (χ2n) is 8.71. The molecule has 0 spiro atoms. The van der Waals surface area contributed by atoms with E-state index in [-0.39, 0.29) is 17.7 Å². The fourth-order valence-corrected chi connectivity index (χ4v) is 5.15. The fraction of sp³-hybridized carbons (Fsp3) is 0.172. The topological polar surface area (TPSA) is 51.1 Å². The number of fused-ring (bicyclic) bond motifs is 2. The predicted octanol–water partition coefficient (Wildman–Crippen LogP) is 5.96. The summed E-state index contributed by atoms with van der Waals surface area (Å²) in [4.78, 5) is 26.4. The van der Waals surface area contributed by atoms with Gasteiger partial charge in [-0.1, -0.05) is 66.7 Å².